The molecule has 170 valence electrons. The van der Waals surface area contributed by atoms with Crippen molar-refractivity contribution in [2.75, 3.05) is 7.05 Å². The first-order chi connectivity index (χ1) is 15.3. The first kappa shape index (κ1) is 22.3. The first-order valence-electron chi connectivity index (χ1n) is 10.0. The lowest BCUT2D eigenvalue weighted by atomic mass is 10.1. The van der Waals surface area contributed by atoms with E-state index in [1.807, 2.05) is 26.1 Å². The zero-order valence-electron chi connectivity index (χ0n) is 18.2. The summed E-state index contributed by atoms with van der Waals surface area (Å²) in [5.74, 6) is 0.719. The second kappa shape index (κ2) is 8.89. The molecule has 0 saturated heterocycles. The number of nitrogens with zero attached hydrogens (tertiary/aromatic N) is 4. The Bertz CT molecular complexity index is 1350. The highest BCUT2D eigenvalue weighted by Gasteiger charge is 2.20. The van der Waals surface area contributed by atoms with Crippen LogP contribution in [-0.2, 0) is 16.4 Å². The lowest BCUT2D eigenvalue weighted by Crippen LogP contribution is -2.13. The van der Waals surface area contributed by atoms with E-state index in [9.17, 15) is 8.42 Å². The Labute approximate surface area is 193 Å². The van der Waals surface area contributed by atoms with Crippen molar-refractivity contribution < 1.29 is 15.7 Å². The van der Waals surface area contributed by atoms with Crippen molar-refractivity contribution in [1.29, 1.82) is 0 Å². The number of sulfone groups is 1. The minimum atomic E-state index is -3.33. The van der Waals surface area contributed by atoms with Gasteiger partial charge in [0.25, 0.3) is 11.8 Å². The van der Waals surface area contributed by atoms with E-state index in [0.29, 0.717) is 23.0 Å². The molecule has 32 heavy (non-hydrogen) atoms. The van der Waals surface area contributed by atoms with Gasteiger partial charge in [0.15, 0.2) is 9.84 Å². The average Bonchev–Trinajstić information content (AvgIpc) is 3.44. The summed E-state index contributed by atoms with van der Waals surface area (Å²) in [6, 6.07) is 10.6. The molecule has 0 atom stereocenters. The van der Waals surface area contributed by atoms with E-state index < -0.39 is 15.1 Å². The monoisotopic (exact) mass is 473 g/mol. The number of benzene rings is 1. The molecule has 1 N–H and O–H groups in total. The molecule has 3 heterocycles. The van der Waals surface area contributed by atoms with E-state index in [0.717, 1.165) is 17.0 Å². The molecule has 0 fully saturated rings. The van der Waals surface area contributed by atoms with Gasteiger partial charge in [0.05, 0.1) is 32.6 Å². The van der Waals surface area contributed by atoms with Gasteiger partial charge in [0.2, 0.25) is 0 Å². The number of nitrogens with one attached hydrogen (secondary N) is 1. The zero-order valence-corrected chi connectivity index (χ0v) is 19.8. The standard InChI is InChI=1S/C22H23N5O3S2.2H2/c1-13(2)32(28,29)17-8-5-15(6-9-17)18-12-24-14(3)20(25-18)22-27-26-21(30-22)19-10-7-16(31-19)11-23-4;;/h5-10,12-13,23H,11H2,1-4H3;2*1H. The van der Waals surface area contributed by atoms with Gasteiger partial charge in [-0.1, -0.05) is 12.1 Å². The van der Waals surface area contributed by atoms with Gasteiger partial charge in [0, 0.05) is 19.8 Å². The molecule has 0 radical (unpaired) electrons. The maximum Gasteiger partial charge on any atom is 0.268 e. The Hall–Kier alpha value is -2.95. The van der Waals surface area contributed by atoms with Crippen LogP contribution in [0.4, 0.5) is 0 Å². The van der Waals surface area contributed by atoms with Crippen LogP contribution in [0.1, 0.15) is 27.3 Å². The van der Waals surface area contributed by atoms with Crippen LogP contribution in [-0.4, -0.2) is 40.9 Å². The van der Waals surface area contributed by atoms with E-state index in [1.165, 1.54) is 4.88 Å². The van der Waals surface area contributed by atoms with Crippen molar-refractivity contribution in [2.24, 2.45) is 0 Å². The van der Waals surface area contributed by atoms with E-state index in [1.54, 1.807) is 55.6 Å². The van der Waals surface area contributed by atoms with E-state index in [2.05, 4.69) is 25.5 Å². The summed E-state index contributed by atoms with van der Waals surface area (Å²) < 4.78 is 30.6. The van der Waals surface area contributed by atoms with Crippen molar-refractivity contribution in [2.45, 2.75) is 37.5 Å². The Balaban J connectivity index is 0.00000204. The maximum absolute atomic E-state index is 12.4. The number of hydrogen-bond donors (Lipinski definition) is 1. The van der Waals surface area contributed by atoms with Crippen LogP contribution in [0.15, 0.2) is 51.9 Å². The van der Waals surface area contributed by atoms with Gasteiger partial charge >= 0.3 is 0 Å². The third-order valence-electron chi connectivity index (χ3n) is 4.91. The SMILES string of the molecule is CNCc1ccc(-c2nnc(-c3nc(-c4ccc(S(=O)(=O)C(C)C)cc4)cnc3C)o2)s1.[HH].[HH]. The van der Waals surface area contributed by atoms with Crippen LogP contribution in [0.5, 0.6) is 0 Å². The van der Waals surface area contributed by atoms with Crippen LogP contribution in [0.2, 0.25) is 0 Å². The van der Waals surface area contributed by atoms with Crippen LogP contribution in [0, 0.1) is 6.92 Å². The predicted molar refractivity (Wildman–Crippen MR) is 128 cm³/mol. The summed E-state index contributed by atoms with van der Waals surface area (Å²) in [5.41, 5.74) is 2.49. The summed E-state index contributed by atoms with van der Waals surface area (Å²) in [5, 5.41) is 11.0. The van der Waals surface area contributed by atoms with Crippen LogP contribution < -0.4 is 5.32 Å². The molecule has 8 nitrogen and oxygen atoms in total. The maximum atomic E-state index is 12.4. The summed E-state index contributed by atoms with van der Waals surface area (Å²) in [6.45, 7) is 5.93. The number of aryl methyl sites for hydroxylation is 1. The van der Waals surface area contributed by atoms with E-state index in [4.69, 9.17) is 4.42 Å². The topological polar surface area (TPSA) is 111 Å². The third kappa shape index (κ3) is 4.34. The molecule has 0 aliphatic rings. The molecule has 4 rings (SSSR count). The second-order valence-electron chi connectivity index (χ2n) is 7.52. The summed E-state index contributed by atoms with van der Waals surface area (Å²) in [7, 11) is -1.43. The van der Waals surface area contributed by atoms with Crippen LogP contribution >= 0.6 is 11.3 Å². The van der Waals surface area contributed by atoms with Crippen molar-refractivity contribution in [3.63, 3.8) is 0 Å². The van der Waals surface area contributed by atoms with Gasteiger partial charge in [-0.3, -0.25) is 4.98 Å². The fourth-order valence-electron chi connectivity index (χ4n) is 3.06. The summed E-state index contributed by atoms with van der Waals surface area (Å²) in [6.07, 6.45) is 1.64. The summed E-state index contributed by atoms with van der Waals surface area (Å²) in [4.78, 5) is 11.4. The highest BCUT2D eigenvalue weighted by atomic mass is 32.2. The summed E-state index contributed by atoms with van der Waals surface area (Å²) >= 11 is 1.58. The molecular weight excluding hydrogens is 446 g/mol. The number of aromatic nitrogens is 4. The molecule has 0 aliphatic heterocycles. The van der Waals surface area contributed by atoms with Crippen LogP contribution in [0.25, 0.3) is 33.6 Å². The minimum Gasteiger partial charge on any atom is -0.414 e. The molecule has 4 aromatic rings. The number of rotatable bonds is 7. The fraction of sp³-hybridized carbons (Fsp3) is 0.273. The van der Waals surface area contributed by atoms with Gasteiger partial charge in [-0.05, 0) is 52.1 Å². The van der Waals surface area contributed by atoms with Gasteiger partial charge in [0.1, 0.15) is 5.69 Å². The highest BCUT2D eigenvalue weighted by molar-refractivity contribution is 7.92. The van der Waals surface area contributed by atoms with Gasteiger partial charge in [-0.2, -0.15) is 0 Å². The normalized spacial score (nSPS) is 11.9. The molecule has 0 saturated carbocycles. The number of thiophene rings is 1. The van der Waals surface area contributed by atoms with E-state index in [-0.39, 0.29) is 13.6 Å². The van der Waals surface area contributed by atoms with Crippen molar-refractivity contribution in [1.82, 2.24) is 25.5 Å². The zero-order chi connectivity index (χ0) is 22.9. The molecule has 0 unspecified atom stereocenters. The lowest BCUT2D eigenvalue weighted by molar-refractivity contribution is 0.582. The lowest BCUT2D eigenvalue weighted by Gasteiger charge is -2.09. The number of hydrogen-bond acceptors (Lipinski definition) is 9. The largest absolute Gasteiger partial charge is 0.414 e. The average molecular weight is 474 g/mol. The highest BCUT2D eigenvalue weighted by Crippen LogP contribution is 2.30. The second-order valence-corrected chi connectivity index (χ2v) is 11.2. The first-order valence-corrected chi connectivity index (χ1v) is 12.4. The Morgan fingerprint density at radius 3 is 2.50 bits per heavy atom. The molecule has 0 aliphatic carbocycles. The smallest absolute Gasteiger partial charge is 0.268 e. The minimum absolute atomic E-state index is 0. The molecule has 0 amide bonds. The fourth-order valence-corrected chi connectivity index (χ4v) is 5.06. The van der Waals surface area contributed by atoms with Crippen molar-refractivity contribution >= 4 is 21.2 Å². The predicted octanol–water partition coefficient (Wildman–Crippen LogP) is 4.62. The molecule has 3 aromatic heterocycles. The third-order valence-corrected chi connectivity index (χ3v) is 8.15. The Morgan fingerprint density at radius 1 is 1.09 bits per heavy atom. The van der Waals surface area contributed by atoms with Crippen molar-refractivity contribution in [3.05, 3.63) is 53.2 Å². The van der Waals surface area contributed by atoms with Gasteiger partial charge in [-0.15, -0.1) is 21.5 Å². The van der Waals surface area contributed by atoms with Crippen LogP contribution in [0.3, 0.4) is 0 Å². The molecule has 0 spiro atoms. The van der Waals surface area contributed by atoms with E-state index >= 15 is 0 Å². The van der Waals surface area contributed by atoms with Gasteiger partial charge in [-0.25, -0.2) is 13.4 Å². The van der Waals surface area contributed by atoms with Crippen molar-refractivity contribution in [3.8, 4) is 33.6 Å². The molecule has 10 heteroatoms. The quantitative estimate of drug-likeness (QED) is 0.414. The molecule has 1 aromatic carbocycles. The molecule has 0 bridgehead atoms. The Kier molecular flexibility index (Phi) is 6.18. The van der Waals surface area contributed by atoms with Gasteiger partial charge < -0.3 is 9.73 Å². The molecular formula is C22H27N5O3S2. The Morgan fingerprint density at radius 2 is 1.81 bits per heavy atom.